The SMILES string of the molecule is Nc1nnc(NC(=O)c2ccc(=O)[nH]n2)s1. The van der Waals surface area contributed by atoms with Crippen LogP contribution < -0.4 is 16.6 Å². The van der Waals surface area contributed by atoms with Gasteiger partial charge in [-0.3, -0.25) is 14.9 Å². The summed E-state index contributed by atoms with van der Waals surface area (Å²) in [6.45, 7) is 0. The number of nitrogens with zero attached hydrogens (tertiary/aromatic N) is 3. The molecule has 0 fully saturated rings. The van der Waals surface area contributed by atoms with Crippen molar-refractivity contribution in [1.29, 1.82) is 0 Å². The van der Waals surface area contributed by atoms with Crippen molar-refractivity contribution in [2.75, 3.05) is 11.1 Å². The average Bonchev–Trinajstić information content (AvgIpc) is 2.65. The van der Waals surface area contributed by atoms with Gasteiger partial charge in [-0.2, -0.15) is 5.10 Å². The van der Waals surface area contributed by atoms with Crippen LogP contribution in [0.1, 0.15) is 10.5 Å². The Morgan fingerprint density at radius 1 is 1.44 bits per heavy atom. The maximum absolute atomic E-state index is 11.5. The number of amides is 1. The van der Waals surface area contributed by atoms with E-state index in [1.54, 1.807) is 0 Å². The van der Waals surface area contributed by atoms with Gasteiger partial charge in [0.1, 0.15) is 5.69 Å². The Kier molecular flexibility index (Phi) is 2.60. The summed E-state index contributed by atoms with van der Waals surface area (Å²) in [6, 6.07) is 2.51. The van der Waals surface area contributed by atoms with Crippen LogP contribution in [0.4, 0.5) is 10.3 Å². The Bertz CT molecular complexity index is 556. The summed E-state index contributed by atoms with van der Waals surface area (Å²) in [4.78, 5) is 22.3. The van der Waals surface area contributed by atoms with Crippen molar-refractivity contribution in [1.82, 2.24) is 20.4 Å². The molecular weight excluding hydrogens is 232 g/mol. The van der Waals surface area contributed by atoms with E-state index in [4.69, 9.17) is 5.73 Å². The predicted octanol–water partition coefficient (Wildman–Crippen LogP) is -0.544. The highest BCUT2D eigenvalue weighted by Crippen LogP contribution is 2.16. The molecule has 2 aromatic heterocycles. The zero-order chi connectivity index (χ0) is 11.5. The Balaban J connectivity index is 2.14. The van der Waals surface area contributed by atoms with E-state index in [9.17, 15) is 9.59 Å². The van der Waals surface area contributed by atoms with Gasteiger partial charge in [-0.1, -0.05) is 11.3 Å². The number of hydrogen-bond donors (Lipinski definition) is 3. The summed E-state index contributed by atoms with van der Waals surface area (Å²) in [7, 11) is 0. The number of aromatic amines is 1. The van der Waals surface area contributed by atoms with Gasteiger partial charge < -0.3 is 5.73 Å². The predicted molar refractivity (Wildman–Crippen MR) is 57.1 cm³/mol. The molecule has 0 saturated carbocycles. The van der Waals surface area contributed by atoms with E-state index < -0.39 is 5.91 Å². The van der Waals surface area contributed by atoms with Crippen molar-refractivity contribution in [2.24, 2.45) is 0 Å². The molecule has 0 spiro atoms. The van der Waals surface area contributed by atoms with Crippen molar-refractivity contribution in [3.8, 4) is 0 Å². The molecule has 82 valence electrons. The summed E-state index contributed by atoms with van der Waals surface area (Å²) in [6.07, 6.45) is 0. The average molecular weight is 238 g/mol. The first kappa shape index (κ1) is 10.2. The molecule has 0 saturated heterocycles. The van der Waals surface area contributed by atoms with Crippen molar-refractivity contribution in [3.63, 3.8) is 0 Å². The minimum atomic E-state index is -0.493. The number of carbonyl (C=O) groups excluding carboxylic acids is 1. The lowest BCUT2D eigenvalue weighted by atomic mass is 10.4. The number of rotatable bonds is 2. The third-order valence-corrected chi connectivity index (χ3v) is 2.24. The lowest BCUT2D eigenvalue weighted by Gasteiger charge is -1.98. The van der Waals surface area contributed by atoms with Gasteiger partial charge in [-0.05, 0) is 6.07 Å². The molecule has 4 N–H and O–H groups in total. The monoisotopic (exact) mass is 238 g/mol. The molecule has 0 aliphatic heterocycles. The van der Waals surface area contributed by atoms with E-state index in [0.717, 1.165) is 11.3 Å². The second kappa shape index (κ2) is 4.06. The van der Waals surface area contributed by atoms with E-state index in [-0.39, 0.29) is 21.5 Å². The number of anilines is 2. The molecule has 0 aliphatic rings. The van der Waals surface area contributed by atoms with Crippen LogP contribution >= 0.6 is 11.3 Å². The fourth-order valence-corrected chi connectivity index (χ4v) is 1.42. The molecule has 0 radical (unpaired) electrons. The van der Waals surface area contributed by atoms with Crippen molar-refractivity contribution in [2.45, 2.75) is 0 Å². The van der Waals surface area contributed by atoms with Crippen molar-refractivity contribution in [3.05, 3.63) is 28.2 Å². The molecule has 1 amide bonds. The second-order valence-corrected chi connectivity index (χ2v) is 3.72. The van der Waals surface area contributed by atoms with Crippen molar-refractivity contribution >= 4 is 27.5 Å². The Morgan fingerprint density at radius 2 is 2.25 bits per heavy atom. The summed E-state index contributed by atoms with van der Waals surface area (Å²) >= 11 is 1.04. The third kappa shape index (κ3) is 2.20. The number of hydrogen-bond acceptors (Lipinski definition) is 7. The molecule has 0 aromatic carbocycles. The number of carbonyl (C=O) groups is 1. The highest BCUT2D eigenvalue weighted by Gasteiger charge is 2.10. The molecule has 8 nitrogen and oxygen atoms in total. The molecule has 0 aliphatic carbocycles. The van der Waals surface area contributed by atoms with E-state index >= 15 is 0 Å². The summed E-state index contributed by atoms with van der Waals surface area (Å²) < 4.78 is 0. The van der Waals surface area contributed by atoms with E-state index in [0.29, 0.717) is 0 Å². The second-order valence-electron chi connectivity index (χ2n) is 2.71. The first-order valence-electron chi connectivity index (χ1n) is 4.11. The standard InChI is InChI=1S/C7H6N6O2S/c8-6-12-13-7(16-6)9-5(15)3-1-2-4(14)11-10-3/h1-2H,(H2,8,12)(H,11,14)(H,9,13,15). The lowest BCUT2D eigenvalue weighted by Crippen LogP contribution is -2.17. The largest absolute Gasteiger partial charge is 0.374 e. The maximum Gasteiger partial charge on any atom is 0.277 e. The van der Waals surface area contributed by atoms with E-state index in [1.807, 2.05) is 0 Å². The van der Waals surface area contributed by atoms with Crippen LogP contribution in [0.2, 0.25) is 0 Å². The maximum atomic E-state index is 11.5. The Morgan fingerprint density at radius 3 is 2.81 bits per heavy atom. The molecular formula is C7H6N6O2S. The number of nitrogen functional groups attached to an aromatic ring is 1. The van der Waals surface area contributed by atoms with Gasteiger partial charge in [0, 0.05) is 6.07 Å². The molecule has 2 rings (SSSR count). The summed E-state index contributed by atoms with van der Waals surface area (Å²) in [5.41, 5.74) is 5.04. The van der Waals surface area contributed by atoms with Crippen LogP contribution in [0.15, 0.2) is 16.9 Å². The lowest BCUT2D eigenvalue weighted by molar-refractivity contribution is 0.102. The molecule has 2 aromatic rings. The van der Waals surface area contributed by atoms with Crippen molar-refractivity contribution < 1.29 is 4.79 Å². The smallest absolute Gasteiger partial charge is 0.277 e. The van der Waals surface area contributed by atoms with Gasteiger partial charge >= 0.3 is 0 Å². The molecule has 2 heterocycles. The number of aromatic nitrogens is 4. The van der Waals surface area contributed by atoms with E-state index in [2.05, 4.69) is 25.7 Å². The van der Waals surface area contributed by atoms with Gasteiger partial charge in [0.05, 0.1) is 0 Å². The number of nitrogens with two attached hydrogens (primary N) is 1. The number of nitrogens with one attached hydrogen (secondary N) is 2. The minimum Gasteiger partial charge on any atom is -0.374 e. The van der Waals surface area contributed by atoms with E-state index in [1.165, 1.54) is 12.1 Å². The fourth-order valence-electron chi connectivity index (χ4n) is 0.917. The zero-order valence-corrected chi connectivity index (χ0v) is 8.61. The number of H-pyrrole nitrogens is 1. The summed E-state index contributed by atoms with van der Waals surface area (Å²) in [5.74, 6) is -0.493. The molecule has 0 unspecified atom stereocenters. The topological polar surface area (TPSA) is 127 Å². The highest BCUT2D eigenvalue weighted by atomic mass is 32.1. The molecule has 0 atom stereocenters. The quantitative estimate of drug-likeness (QED) is 0.644. The van der Waals surface area contributed by atoms with Crippen LogP contribution in [0.5, 0.6) is 0 Å². The minimum absolute atomic E-state index is 0.0772. The van der Waals surface area contributed by atoms with Crippen LogP contribution in [-0.2, 0) is 0 Å². The third-order valence-electron chi connectivity index (χ3n) is 1.57. The fraction of sp³-hybridized carbons (Fsp3) is 0. The normalized spacial score (nSPS) is 10.0. The summed E-state index contributed by atoms with van der Waals surface area (Å²) in [5, 5.41) is 15.8. The van der Waals surface area contributed by atoms with Crippen LogP contribution in [0.25, 0.3) is 0 Å². The Hall–Kier alpha value is -2.29. The van der Waals surface area contributed by atoms with Crippen LogP contribution in [-0.4, -0.2) is 26.3 Å². The van der Waals surface area contributed by atoms with Gasteiger partial charge in [0.25, 0.3) is 11.5 Å². The molecule has 16 heavy (non-hydrogen) atoms. The van der Waals surface area contributed by atoms with Gasteiger partial charge in [0.15, 0.2) is 0 Å². The van der Waals surface area contributed by atoms with Gasteiger partial charge in [-0.25, -0.2) is 5.10 Å². The first-order valence-corrected chi connectivity index (χ1v) is 4.93. The first-order chi connectivity index (χ1) is 7.65. The van der Waals surface area contributed by atoms with Gasteiger partial charge in [0.2, 0.25) is 10.3 Å². The Labute approximate surface area is 92.5 Å². The zero-order valence-electron chi connectivity index (χ0n) is 7.80. The van der Waals surface area contributed by atoms with Crippen LogP contribution in [0.3, 0.4) is 0 Å². The van der Waals surface area contributed by atoms with Gasteiger partial charge in [-0.15, -0.1) is 10.2 Å². The molecule has 0 bridgehead atoms. The highest BCUT2D eigenvalue weighted by molar-refractivity contribution is 7.19. The molecule has 9 heteroatoms. The van der Waals surface area contributed by atoms with Crippen LogP contribution in [0, 0.1) is 0 Å².